The van der Waals surface area contributed by atoms with Crippen LogP contribution in [0.25, 0.3) is 0 Å². The van der Waals surface area contributed by atoms with Crippen LogP contribution in [-0.4, -0.2) is 56.7 Å². The Hall–Kier alpha value is -2.79. The summed E-state index contributed by atoms with van der Waals surface area (Å²) in [6.07, 6.45) is -3.13. The van der Waals surface area contributed by atoms with Gasteiger partial charge in [0.2, 0.25) is 0 Å². The fraction of sp³-hybridized carbons (Fsp3) is 0.606. The van der Waals surface area contributed by atoms with Crippen LogP contribution in [0.2, 0.25) is 0 Å². The molecule has 0 saturated heterocycles. The molecule has 0 bridgehead atoms. The molecule has 9 nitrogen and oxygen atoms in total. The molecule has 258 valence electrons. The first-order chi connectivity index (χ1) is 21.3. The van der Waals surface area contributed by atoms with Crippen LogP contribution >= 0.6 is 7.82 Å². The number of phosphoric ester groups is 1. The van der Waals surface area contributed by atoms with E-state index in [1.54, 1.807) is 80.9 Å². The topological polar surface area (TPSA) is 94.0 Å². The minimum atomic E-state index is -4.63. The Morgan fingerprint density at radius 3 is 2.13 bits per heavy atom. The number of methoxy groups -OCH3 is 2. The zero-order valence-corrected chi connectivity index (χ0v) is 29.1. The van der Waals surface area contributed by atoms with Gasteiger partial charge in [-0.15, -0.1) is 0 Å². The van der Waals surface area contributed by atoms with Crippen LogP contribution in [0.5, 0.6) is 17.2 Å². The number of hydrogen-bond acceptors (Lipinski definition) is 9. The lowest BCUT2D eigenvalue weighted by Crippen LogP contribution is -2.36. The molecule has 13 heteroatoms. The third kappa shape index (κ3) is 11.5. The Labute approximate surface area is 270 Å². The van der Waals surface area contributed by atoms with E-state index in [-0.39, 0.29) is 38.4 Å². The van der Waals surface area contributed by atoms with Crippen molar-refractivity contribution in [3.8, 4) is 17.2 Å². The van der Waals surface area contributed by atoms with Gasteiger partial charge >= 0.3 is 14.0 Å². The summed E-state index contributed by atoms with van der Waals surface area (Å²) < 4.78 is 95.2. The fourth-order valence-corrected chi connectivity index (χ4v) is 6.70. The lowest BCUT2D eigenvalue weighted by molar-refractivity contribution is -0.139. The van der Waals surface area contributed by atoms with Crippen LogP contribution < -0.4 is 14.2 Å². The first-order valence-electron chi connectivity index (χ1n) is 15.1. The number of halogens is 3. The quantitative estimate of drug-likeness (QED) is 0.137. The molecule has 1 atom stereocenters. The van der Waals surface area contributed by atoms with Gasteiger partial charge in [-0.3, -0.25) is 13.6 Å². The van der Waals surface area contributed by atoms with Crippen LogP contribution in [0.1, 0.15) is 78.0 Å². The Kier molecular flexibility index (Phi) is 12.3. The molecule has 0 fully saturated rings. The Balaban J connectivity index is 1.71. The van der Waals surface area contributed by atoms with E-state index in [4.69, 9.17) is 32.5 Å². The predicted octanol–water partition coefficient (Wildman–Crippen LogP) is 8.61. The Morgan fingerprint density at radius 1 is 0.913 bits per heavy atom. The van der Waals surface area contributed by atoms with Gasteiger partial charge in [0.1, 0.15) is 29.4 Å². The van der Waals surface area contributed by atoms with Crippen molar-refractivity contribution in [1.29, 1.82) is 0 Å². The molecular weight excluding hydrogens is 626 g/mol. The SMILES string of the molecule is COc1ccc(CCCOc2ccc(CCC3(COP(=O)(OC(C)(C)C)OC(C)(C)C)COC(C)=N3)cc2C(F)(F)F)c(OC)c1. The van der Waals surface area contributed by atoms with Gasteiger partial charge in [-0.05, 0) is 96.6 Å². The van der Waals surface area contributed by atoms with Crippen LogP contribution in [0.4, 0.5) is 13.2 Å². The van der Waals surface area contributed by atoms with Crippen molar-refractivity contribution < 1.29 is 50.3 Å². The van der Waals surface area contributed by atoms with E-state index in [1.165, 1.54) is 6.07 Å². The average Bonchev–Trinajstić information content (AvgIpc) is 3.31. The first kappa shape index (κ1) is 37.7. The minimum Gasteiger partial charge on any atom is -0.497 e. The molecule has 1 heterocycles. The van der Waals surface area contributed by atoms with Gasteiger partial charge in [-0.1, -0.05) is 12.1 Å². The van der Waals surface area contributed by atoms with E-state index in [1.807, 2.05) is 6.07 Å². The van der Waals surface area contributed by atoms with Gasteiger partial charge in [-0.2, -0.15) is 13.2 Å². The highest BCUT2D eigenvalue weighted by atomic mass is 31.2. The van der Waals surface area contributed by atoms with Crippen molar-refractivity contribution >= 4 is 13.7 Å². The molecule has 0 saturated carbocycles. The van der Waals surface area contributed by atoms with E-state index in [9.17, 15) is 17.7 Å². The summed E-state index contributed by atoms with van der Waals surface area (Å²) in [5.41, 5.74) is -2.20. The molecule has 0 spiro atoms. The lowest BCUT2D eigenvalue weighted by Gasteiger charge is -2.33. The van der Waals surface area contributed by atoms with Crippen molar-refractivity contribution in [2.24, 2.45) is 4.99 Å². The molecule has 2 aromatic carbocycles. The second kappa shape index (κ2) is 15.0. The van der Waals surface area contributed by atoms with E-state index in [0.29, 0.717) is 35.8 Å². The molecule has 0 radical (unpaired) electrons. The average molecular weight is 674 g/mol. The number of nitrogens with zero attached hydrogens (tertiary/aromatic N) is 1. The van der Waals surface area contributed by atoms with E-state index >= 15 is 0 Å². The van der Waals surface area contributed by atoms with Gasteiger partial charge in [0.15, 0.2) is 5.90 Å². The molecule has 0 amide bonds. The van der Waals surface area contributed by atoms with E-state index in [2.05, 4.69) is 4.99 Å². The number of aliphatic imine (C=N–C) groups is 1. The standard InChI is InChI=1S/C33H47F3NO8P/c1-23-37-32(21-42-23,22-43-46(38,44-30(2,3)4)45-31(5,6)7)17-16-24-12-15-28(27(19-24)33(34,35)36)41-18-10-11-25-13-14-26(39-8)20-29(25)40-9/h12-15,19-20H,10-11,16-18,21-22H2,1-9H3. The van der Waals surface area contributed by atoms with Crippen LogP contribution in [-0.2, 0) is 41.9 Å². The maximum atomic E-state index is 14.1. The zero-order chi connectivity index (χ0) is 34.4. The minimum absolute atomic E-state index is 0.0801. The van der Waals surface area contributed by atoms with Crippen molar-refractivity contribution in [2.75, 3.05) is 34.0 Å². The lowest BCUT2D eigenvalue weighted by atomic mass is 9.93. The Bertz CT molecular complexity index is 1380. The molecule has 3 rings (SSSR count). The maximum Gasteiger partial charge on any atom is 0.475 e. The summed E-state index contributed by atoms with van der Waals surface area (Å²) in [6.45, 7) is 12.1. The maximum absolute atomic E-state index is 14.1. The van der Waals surface area contributed by atoms with Gasteiger partial charge in [0.25, 0.3) is 0 Å². The van der Waals surface area contributed by atoms with Gasteiger partial charge in [-0.25, -0.2) is 9.56 Å². The number of phosphoric acid groups is 1. The highest BCUT2D eigenvalue weighted by Gasteiger charge is 2.43. The third-order valence-electron chi connectivity index (χ3n) is 6.78. The summed E-state index contributed by atoms with van der Waals surface area (Å²) in [5.74, 6) is 1.45. The third-order valence-corrected chi connectivity index (χ3v) is 8.77. The molecular formula is C33H47F3NO8P. The summed E-state index contributed by atoms with van der Waals surface area (Å²) in [5, 5.41) is 0. The molecule has 0 aromatic heterocycles. The summed E-state index contributed by atoms with van der Waals surface area (Å²) in [6, 6.07) is 9.47. The molecule has 46 heavy (non-hydrogen) atoms. The summed E-state index contributed by atoms with van der Waals surface area (Å²) in [4.78, 5) is 4.59. The van der Waals surface area contributed by atoms with Crippen LogP contribution in [0.15, 0.2) is 41.4 Å². The fourth-order valence-electron chi connectivity index (χ4n) is 4.81. The molecule has 0 aliphatic carbocycles. The zero-order valence-electron chi connectivity index (χ0n) is 28.2. The second-order valence-corrected chi connectivity index (χ2v) is 14.7. The normalized spacial score (nSPS) is 17.4. The summed E-state index contributed by atoms with van der Waals surface area (Å²) in [7, 11) is -0.944. The molecule has 1 aliphatic rings. The van der Waals surface area contributed by atoms with Crippen molar-refractivity contribution in [3.63, 3.8) is 0 Å². The van der Waals surface area contributed by atoms with Crippen LogP contribution in [0.3, 0.4) is 0 Å². The molecule has 1 unspecified atom stereocenters. The molecule has 0 N–H and O–H groups in total. The molecule has 2 aromatic rings. The highest BCUT2D eigenvalue weighted by molar-refractivity contribution is 7.48. The number of rotatable bonds is 15. The van der Waals surface area contributed by atoms with Crippen molar-refractivity contribution in [3.05, 3.63) is 53.1 Å². The van der Waals surface area contributed by atoms with Crippen LogP contribution in [0, 0.1) is 0 Å². The smallest absolute Gasteiger partial charge is 0.475 e. The van der Waals surface area contributed by atoms with E-state index in [0.717, 1.165) is 11.6 Å². The monoisotopic (exact) mass is 673 g/mol. The first-order valence-corrected chi connectivity index (χ1v) is 16.6. The predicted molar refractivity (Wildman–Crippen MR) is 170 cm³/mol. The second-order valence-electron chi connectivity index (χ2n) is 13.2. The van der Waals surface area contributed by atoms with Crippen molar-refractivity contribution in [2.45, 2.75) is 97.1 Å². The van der Waals surface area contributed by atoms with E-state index < -0.39 is 36.3 Å². The number of hydrogen-bond donors (Lipinski definition) is 0. The van der Waals surface area contributed by atoms with Gasteiger partial charge < -0.3 is 18.9 Å². The number of ether oxygens (including phenoxy) is 4. The number of aryl methyl sites for hydroxylation is 2. The van der Waals surface area contributed by atoms with Gasteiger partial charge in [0, 0.05) is 13.0 Å². The Morgan fingerprint density at radius 2 is 1.59 bits per heavy atom. The molecule has 1 aliphatic heterocycles. The van der Waals surface area contributed by atoms with Crippen molar-refractivity contribution in [1.82, 2.24) is 0 Å². The number of alkyl halides is 3. The highest BCUT2D eigenvalue weighted by Crippen LogP contribution is 2.56. The number of benzene rings is 2. The largest absolute Gasteiger partial charge is 0.497 e. The van der Waals surface area contributed by atoms with Gasteiger partial charge in [0.05, 0.1) is 44.2 Å². The summed E-state index contributed by atoms with van der Waals surface area (Å²) >= 11 is 0.